The fourth-order valence-electron chi connectivity index (χ4n) is 2.19. The lowest BCUT2D eigenvalue weighted by atomic mass is 10.1. The van der Waals surface area contributed by atoms with Crippen LogP contribution in [0.5, 0.6) is 5.75 Å². The van der Waals surface area contributed by atoms with Gasteiger partial charge in [-0.15, -0.1) is 0 Å². The van der Waals surface area contributed by atoms with Crippen LogP contribution in [-0.2, 0) is 9.59 Å². The Labute approximate surface area is 166 Å². The van der Waals surface area contributed by atoms with Crippen molar-refractivity contribution in [3.05, 3.63) is 35.2 Å². The summed E-state index contributed by atoms with van der Waals surface area (Å²) in [7, 11) is 3.14. The third-order valence-corrected chi connectivity index (χ3v) is 3.30. The summed E-state index contributed by atoms with van der Waals surface area (Å²) in [5.74, 6) is -0.986. The number of carbonyl (C=O) groups excluding carboxylic acids is 3. The first-order chi connectivity index (χ1) is 13.0. The maximum absolute atomic E-state index is 12.1. The number of aromatic hydroxyl groups is 1. The molecule has 0 aromatic heterocycles. The lowest BCUT2D eigenvalue weighted by molar-refractivity contribution is -0.124. The normalized spacial score (nSPS) is 13.3. The first-order valence-corrected chi connectivity index (χ1v) is 9.12. The highest BCUT2D eigenvalue weighted by Gasteiger charge is 2.31. The minimum atomic E-state index is -0.605. The van der Waals surface area contributed by atoms with Crippen LogP contribution in [0.25, 0.3) is 0 Å². The summed E-state index contributed by atoms with van der Waals surface area (Å²) in [4.78, 5) is 37.2. The molecule has 0 fully saturated rings. The molecular formula is C20H30N4O4. The van der Waals surface area contributed by atoms with Crippen molar-refractivity contribution in [1.29, 1.82) is 0 Å². The summed E-state index contributed by atoms with van der Waals surface area (Å²) < 4.78 is 0. The fourth-order valence-corrected chi connectivity index (χ4v) is 2.19. The van der Waals surface area contributed by atoms with Gasteiger partial charge < -0.3 is 20.6 Å². The van der Waals surface area contributed by atoms with Crippen molar-refractivity contribution in [1.82, 2.24) is 15.5 Å². The molecule has 0 atom stereocenters. The Kier molecular flexibility index (Phi) is 8.03. The summed E-state index contributed by atoms with van der Waals surface area (Å²) >= 11 is 0. The second-order valence-corrected chi connectivity index (χ2v) is 7.59. The molecule has 0 bridgehead atoms. The van der Waals surface area contributed by atoms with E-state index in [9.17, 15) is 19.5 Å². The second kappa shape index (κ2) is 9.77. The van der Waals surface area contributed by atoms with Crippen LogP contribution in [0.1, 0.15) is 45.0 Å². The van der Waals surface area contributed by atoms with Gasteiger partial charge in [0.05, 0.1) is 11.3 Å². The van der Waals surface area contributed by atoms with E-state index >= 15 is 0 Å². The van der Waals surface area contributed by atoms with Crippen molar-refractivity contribution in [2.45, 2.75) is 40.7 Å². The molecule has 1 heterocycles. The number of nitrogens with one attached hydrogen (secondary N) is 3. The van der Waals surface area contributed by atoms with Gasteiger partial charge in [0, 0.05) is 20.1 Å². The highest BCUT2D eigenvalue weighted by atomic mass is 16.3. The first kappa shape index (κ1) is 23.0. The number of para-hydroxylation sites is 1. The van der Waals surface area contributed by atoms with E-state index in [2.05, 4.69) is 36.7 Å². The zero-order chi connectivity index (χ0) is 21.6. The van der Waals surface area contributed by atoms with E-state index in [1.807, 2.05) is 13.8 Å². The van der Waals surface area contributed by atoms with Crippen LogP contribution >= 0.6 is 0 Å². The van der Waals surface area contributed by atoms with Gasteiger partial charge in [-0.3, -0.25) is 19.7 Å². The molecule has 0 saturated heterocycles. The zero-order valence-corrected chi connectivity index (χ0v) is 17.5. The van der Waals surface area contributed by atoms with E-state index in [4.69, 9.17) is 0 Å². The number of hydrogen-bond acceptors (Lipinski definition) is 6. The van der Waals surface area contributed by atoms with Gasteiger partial charge in [-0.1, -0.05) is 26.8 Å². The predicted octanol–water partition coefficient (Wildman–Crippen LogP) is 2.03. The molecule has 2 rings (SSSR count). The molecule has 1 aliphatic heterocycles. The Balaban J connectivity index is 0.000000892. The number of benzene rings is 1. The molecule has 8 nitrogen and oxygen atoms in total. The fraction of sp³-hybridized carbons (Fsp3) is 0.450. The first-order valence-electron chi connectivity index (χ1n) is 9.12. The smallest absolute Gasteiger partial charge is 0.276 e. The standard InChI is InChI=1S/C16H20N4O4.C4H10/c1-8(2)17-11-12(15(23)19-14(11)22)18-10-7-5-6-9(13(10)21)16(24)20(3)4;1-4(2)3/h5-8,21H,1-4H3,(H3,17,18,19,22,23);4H,1-3H3. The van der Waals surface area contributed by atoms with Crippen molar-refractivity contribution < 1.29 is 19.5 Å². The van der Waals surface area contributed by atoms with Crippen LogP contribution < -0.4 is 16.0 Å². The topological polar surface area (TPSA) is 111 Å². The number of anilines is 1. The van der Waals surface area contributed by atoms with Crippen LogP contribution in [0.15, 0.2) is 29.6 Å². The SMILES string of the molecule is CC(C)C.CC(C)NC1=C(Nc2cccc(C(=O)N(C)C)c2O)C(=O)NC1=O. The van der Waals surface area contributed by atoms with Crippen molar-refractivity contribution in [2.24, 2.45) is 5.92 Å². The van der Waals surface area contributed by atoms with Gasteiger partial charge in [0.1, 0.15) is 11.4 Å². The third-order valence-electron chi connectivity index (χ3n) is 3.30. The van der Waals surface area contributed by atoms with Gasteiger partial charge in [-0.2, -0.15) is 0 Å². The molecule has 28 heavy (non-hydrogen) atoms. The number of rotatable bonds is 5. The van der Waals surface area contributed by atoms with Crippen LogP contribution in [0.3, 0.4) is 0 Å². The Bertz CT molecular complexity index is 780. The number of amides is 3. The number of imide groups is 1. The zero-order valence-electron chi connectivity index (χ0n) is 17.5. The summed E-state index contributed by atoms with van der Waals surface area (Å²) in [5.41, 5.74) is 0.344. The Morgan fingerprint density at radius 3 is 2.07 bits per heavy atom. The molecule has 154 valence electrons. The molecule has 1 aliphatic rings. The molecule has 0 radical (unpaired) electrons. The van der Waals surface area contributed by atoms with E-state index < -0.39 is 11.8 Å². The number of hydrogen-bond donors (Lipinski definition) is 4. The van der Waals surface area contributed by atoms with Gasteiger partial charge >= 0.3 is 0 Å². The lowest BCUT2D eigenvalue weighted by Crippen LogP contribution is -2.30. The summed E-state index contributed by atoms with van der Waals surface area (Å²) in [6.07, 6.45) is 0. The molecule has 1 aromatic rings. The number of carbonyl (C=O) groups is 3. The number of phenols is 1. The Morgan fingerprint density at radius 1 is 1.04 bits per heavy atom. The van der Waals surface area contributed by atoms with Crippen molar-refractivity contribution in [2.75, 3.05) is 19.4 Å². The molecule has 3 amide bonds. The highest BCUT2D eigenvalue weighted by molar-refractivity contribution is 6.20. The highest BCUT2D eigenvalue weighted by Crippen LogP contribution is 2.30. The molecule has 0 saturated carbocycles. The second-order valence-electron chi connectivity index (χ2n) is 7.59. The van der Waals surface area contributed by atoms with Crippen LogP contribution in [0, 0.1) is 5.92 Å². The van der Waals surface area contributed by atoms with E-state index in [1.165, 1.54) is 17.0 Å². The molecule has 0 aliphatic carbocycles. The van der Waals surface area contributed by atoms with Gasteiger partial charge in [0.2, 0.25) is 0 Å². The predicted molar refractivity (Wildman–Crippen MR) is 109 cm³/mol. The average Bonchev–Trinajstić information content (AvgIpc) is 2.82. The molecular weight excluding hydrogens is 360 g/mol. The third kappa shape index (κ3) is 6.00. The molecule has 0 unspecified atom stereocenters. The van der Waals surface area contributed by atoms with Gasteiger partial charge in [-0.25, -0.2) is 0 Å². The lowest BCUT2D eigenvalue weighted by Gasteiger charge is -2.15. The largest absolute Gasteiger partial charge is 0.505 e. The minimum Gasteiger partial charge on any atom is -0.505 e. The van der Waals surface area contributed by atoms with E-state index in [0.29, 0.717) is 0 Å². The monoisotopic (exact) mass is 390 g/mol. The van der Waals surface area contributed by atoms with Crippen molar-refractivity contribution >= 4 is 23.4 Å². The van der Waals surface area contributed by atoms with Gasteiger partial charge in [0.25, 0.3) is 17.7 Å². The van der Waals surface area contributed by atoms with Crippen LogP contribution in [0.2, 0.25) is 0 Å². The van der Waals surface area contributed by atoms with Crippen LogP contribution in [-0.4, -0.2) is 47.9 Å². The number of nitrogens with zero attached hydrogens (tertiary/aromatic N) is 1. The van der Waals surface area contributed by atoms with E-state index in [-0.39, 0.29) is 40.3 Å². The number of phenolic OH excluding ortho intramolecular Hbond substituents is 1. The quantitative estimate of drug-likeness (QED) is 0.452. The maximum atomic E-state index is 12.1. The van der Waals surface area contributed by atoms with E-state index in [0.717, 1.165) is 5.92 Å². The Morgan fingerprint density at radius 2 is 1.57 bits per heavy atom. The van der Waals surface area contributed by atoms with E-state index in [1.54, 1.807) is 20.2 Å². The van der Waals surface area contributed by atoms with Gasteiger partial charge in [-0.05, 0) is 31.9 Å². The van der Waals surface area contributed by atoms with Crippen molar-refractivity contribution in [3.63, 3.8) is 0 Å². The van der Waals surface area contributed by atoms with Crippen molar-refractivity contribution in [3.8, 4) is 5.75 Å². The average molecular weight is 390 g/mol. The summed E-state index contributed by atoms with van der Waals surface area (Å²) in [6.45, 7) is 10.2. The molecule has 1 aromatic carbocycles. The summed E-state index contributed by atoms with van der Waals surface area (Å²) in [5, 5.41) is 18.1. The maximum Gasteiger partial charge on any atom is 0.276 e. The molecule has 4 N–H and O–H groups in total. The van der Waals surface area contributed by atoms with Gasteiger partial charge in [0.15, 0.2) is 5.75 Å². The van der Waals surface area contributed by atoms with Crippen LogP contribution in [0.4, 0.5) is 5.69 Å². The molecule has 8 heteroatoms. The molecule has 0 spiro atoms. The summed E-state index contributed by atoms with van der Waals surface area (Å²) in [6, 6.07) is 4.50. The minimum absolute atomic E-state index is 0.00143. The Hall–Kier alpha value is -3.03.